The maximum Gasteiger partial charge on any atom is 0.332 e. The van der Waals surface area contributed by atoms with Crippen molar-refractivity contribution >= 4 is 28.7 Å². The number of ketones is 1. The molecule has 0 aliphatic rings. The zero-order chi connectivity index (χ0) is 18.1. The summed E-state index contributed by atoms with van der Waals surface area (Å²) in [6, 6.07) is 9.02. The Morgan fingerprint density at radius 1 is 1.12 bits per heavy atom. The molecule has 0 bridgehead atoms. The molecule has 0 saturated heterocycles. The van der Waals surface area contributed by atoms with E-state index in [9.17, 15) is 14.4 Å². The zero-order valence-electron chi connectivity index (χ0n) is 14.2. The molecule has 130 valence electrons. The number of nitrogens with zero attached hydrogens (tertiary/aromatic N) is 4. The predicted octanol–water partition coefficient (Wildman–Crippen LogP) is 1.43. The summed E-state index contributed by atoms with van der Waals surface area (Å²) in [5, 5.41) is 0.528. The minimum atomic E-state index is -0.394. The van der Waals surface area contributed by atoms with Crippen molar-refractivity contribution < 1.29 is 4.79 Å². The van der Waals surface area contributed by atoms with Gasteiger partial charge in [0.25, 0.3) is 5.56 Å². The van der Waals surface area contributed by atoms with Gasteiger partial charge in [-0.2, -0.15) is 0 Å². The van der Waals surface area contributed by atoms with E-state index in [0.29, 0.717) is 28.4 Å². The van der Waals surface area contributed by atoms with Gasteiger partial charge in [0.15, 0.2) is 22.1 Å². The first kappa shape index (κ1) is 17.2. The Labute approximate surface area is 147 Å². The first-order valence-electron chi connectivity index (χ1n) is 7.83. The number of rotatable bonds is 5. The summed E-state index contributed by atoms with van der Waals surface area (Å²) >= 11 is 1.25. The molecule has 2 heterocycles. The molecule has 1 aromatic carbocycles. The van der Waals surface area contributed by atoms with Crippen molar-refractivity contribution in [2.45, 2.75) is 18.6 Å². The highest BCUT2D eigenvalue weighted by Gasteiger charge is 2.18. The number of aromatic nitrogens is 4. The molecule has 0 radical (unpaired) electrons. The molecule has 2 aromatic heterocycles. The number of carbonyl (C=O) groups is 1. The highest BCUT2D eigenvalue weighted by atomic mass is 32.2. The number of carbonyl (C=O) groups excluding carboxylic acids is 1. The van der Waals surface area contributed by atoms with Gasteiger partial charge in [0.05, 0.1) is 5.75 Å². The molecule has 0 saturated carbocycles. The Bertz CT molecular complexity index is 1060. The molecule has 25 heavy (non-hydrogen) atoms. The van der Waals surface area contributed by atoms with Crippen molar-refractivity contribution in [3.63, 3.8) is 0 Å². The van der Waals surface area contributed by atoms with Gasteiger partial charge in [0.2, 0.25) is 0 Å². The quantitative estimate of drug-likeness (QED) is 0.509. The van der Waals surface area contributed by atoms with Gasteiger partial charge in [-0.05, 0) is 6.92 Å². The highest BCUT2D eigenvalue weighted by molar-refractivity contribution is 7.99. The summed E-state index contributed by atoms with van der Waals surface area (Å²) < 4.78 is 4.18. The minimum absolute atomic E-state index is 0.0162. The van der Waals surface area contributed by atoms with Crippen LogP contribution in [-0.4, -0.2) is 30.2 Å². The van der Waals surface area contributed by atoms with Crippen LogP contribution in [0.1, 0.15) is 17.3 Å². The Morgan fingerprint density at radius 3 is 2.44 bits per heavy atom. The number of imidazole rings is 1. The topological polar surface area (TPSA) is 78.9 Å². The zero-order valence-corrected chi connectivity index (χ0v) is 15.0. The van der Waals surface area contributed by atoms with E-state index in [2.05, 4.69) is 4.98 Å². The lowest BCUT2D eigenvalue weighted by molar-refractivity contribution is 0.102. The van der Waals surface area contributed by atoms with Crippen LogP contribution < -0.4 is 11.2 Å². The Hall–Kier alpha value is -2.61. The highest BCUT2D eigenvalue weighted by Crippen LogP contribution is 2.21. The van der Waals surface area contributed by atoms with Crippen LogP contribution in [0.15, 0.2) is 45.1 Å². The molecule has 0 amide bonds. The van der Waals surface area contributed by atoms with Gasteiger partial charge in [0.1, 0.15) is 0 Å². The smallest absolute Gasteiger partial charge is 0.316 e. The molecule has 3 aromatic rings. The lowest BCUT2D eigenvalue weighted by Gasteiger charge is -2.05. The minimum Gasteiger partial charge on any atom is -0.316 e. The molecule has 8 heteroatoms. The number of hydrogen-bond acceptors (Lipinski definition) is 5. The Balaban J connectivity index is 1.99. The van der Waals surface area contributed by atoms with Gasteiger partial charge in [-0.15, -0.1) is 0 Å². The second kappa shape index (κ2) is 6.72. The summed E-state index contributed by atoms with van der Waals surface area (Å²) in [7, 11) is 3.31. The van der Waals surface area contributed by atoms with Crippen LogP contribution in [0.2, 0.25) is 0 Å². The van der Waals surface area contributed by atoms with E-state index in [-0.39, 0.29) is 17.1 Å². The van der Waals surface area contributed by atoms with Gasteiger partial charge in [-0.3, -0.25) is 18.7 Å². The largest absolute Gasteiger partial charge is 0.332 e. The number of benzene rings is 1. The molecular formula is C17H18N4O3S. The average molecular weight is 358 g/mol. The van der Waals surface area contributed by atoms with Crippen LogP contribution in [0.25, 0.3) is 11.2 Å². The van der Waals surface area contributed by atoms with E-state index >= 15 is 0 Å². The van der Waals surface area contributed by atoms with Crippen LogP contribution in [0.3, 0.4) is 0 Å². The molecule has 0 N–H and O–H groups in total. The summed E-state index contributed by atoms with van der Waals surface area (Å²) in [6.45, 7) is 2.04. The van der Waals surface area contributed by atoms with E-state index in [1.165, 1.54) is 20.9 Å². The number of aryl methyl sites for hydroxylation is 2. The fourth-order valence-corrected chi connectivity index (χ4v) is 3.53. The van der Waals surface area contributed by atoms with Crippen LogP contribution in [0.4, 0.5) is 0 Å². The first-order valence-corrected chi connectivity index (χ1v) is 8.81. The Kier molecular flexibility index (Phi) is 4.63. The number of fused-ring (bicyclic) bond motifs is 1. The monoisotopic (exact) mass is 358 g/mol. The van der Waals surface area contributed by atoms with Crippen LogP contribution >= 0.6 is 11.8 Å². The molecule has 7 nitrogen and oxygen atoms in total. The fraction of sp³-hybridized carbons (Fsp3) is 0.294. The maximum atomic E-state index is 12.5. The van der Waals surface area contributed by atoms with E-state index in [4.69, 9.17) is 0 Å². The van der Waals surface area contributed by atoms with Crippen LogP contribution in [-0.2, 0) is 20.6 Å². The molecular weight excluding hydrogens is 340 g/mol. The van der Waals surface area contributed by atoms with Crippen molar-refractivity contribution in [1.29, 1.82) is 0 Å². The molecule has 0 atom stereocenters. The third-order valence-electron chi connectivity index (χ3n) is 4.06. The number of hydrogen-bond donors (Lipinski definition) is 0. The van der Waals surface area contributed by atoms with Gasteiger partial charge in [0, 0.05) is 26.2 Å². The molecule has 0 unspecified atom stereocenters. The summed E-state index contributed by atoms with van der Waals surface area (Å²) in [6.07, 6.45) is 0. The van der Waals surface area contributed by atoms with Crippen molar-refractivity contribution in [3.8, 4) is 0 Å². The standard InChI is InChI=1S/C17H18N4O3S/c1-4-21-15(23)13-14(20(3)17(21)24)18-16(19(13)2)25-10-12(22)11-8-6-5-7-9-11/h5-9H,4,10H2,1-3H3. The van der Waals surface area contributed by atoms with Crippen LogP contribution in [0, 0.1) is 0 Å². The van der Waals surface area contributed by atoms with E-state index < -0.39 is 5.69 Å². The fourth-order valence-electron chi connectivity index (χ4n) is 2.67. The second-order valence-corrected chi connectivity index (χ2v) is 6.54. The third-order valence-corrected chi connectivity index (χ3v) is 5.09. The van der Waals surface area contributed by atoms with Gasteiger partial charge >= 0.3 is 5.69 Å². The van der Waals surface area contributed by atoms with Gasteiger partial charge in [-0.1, -0.05) is 42.1 Å². The lowest BCUT2D eigenvalue weighted by atomic mass is 10.2. The van der Waals surface area contributed by atoms with Crippen molar-refractivity contribution in [3.05, 3.63) is 56.7 Å². The van der Waals surface area contributed by atoms with E-state index in [0.717, 1.165) is 0 Å². The van der Waals surface area contributed by atoms with Crippen molar-refractivity contribution in [2.24, 2.45) is 14.1 Å². The summed E-state index contributed by atoms with van der Waals surface area (Å²) in [5.74, 6) is 0.189. The van der Waals surface area contributed by atoms with E-state index in [1.807, 2.05) is 18.2 Å². The third kappa shape index (κ3) is 2.93. The SMILES string of the molecule is CCn1c(=O)c2c(nc(SCC(=O)c3ccccc3)n2C)n(C)c1=O. The normalized spacial score (nSPS) is 11.2. The van der Waals surface area contributed by atoms with Crippen molar-refractivity contribution in [2.75, 3.05) is 5.75 Å². The molecule has 0 spiro atoms. The maximum absolute atomic E-state index is 12.5. The van der Waals surface area contributed by atoms with Crippen LogP contribution in [0.5, 0.6) is 0 Å². The van der Waals surface area contributed by atoms with E-state index in [1.54, 1.807) is 37.7 Å². The first-order chi connectivity index (χ1) is 12.0. The molecule has 0 aliphatic heterocycles. The summed E-state index contributed by atoms with van der Waals surface area (Å²) in [5.41, 5.74) is 0.567. The number of thioether (sulfide) groups is 1. The van der Waals surface area contributed by atoms with Gasteiger partial charge < -0.3 is 4.57 Å². The molecule has 0 fully saturated rings. The second-order valence-electron chi connectivity index (χ2n) is 5.59. The van der Waals surface area contributed by atoms with Gasteiger partial charge in [-0.25, -0.2) is 9.78 Å². The van der Waals surface area contributed by atoms with Crippen molar-refractivity contribution in [1.82, 2.24) is 18.7 Å². The lowest BCUT2D eigenvalue weighted by Crippen LogP contribution is -2.39. The Morgan fingerprint density at radius 2 is 1.80 bits per heavy atom. The molecule has 3 rings (SSSR count). The average Bonchev–Trinajstić information content (AvgIpc) is 2.96. The summed E-state index contributed by atoms with van der Waals surface area (Å²) in [4.78, 5) is 41.4. The number of Topliss-reactive ketones (excluding diaryl/α,β-unsaturated/α-hetero) is 1. The molecule has 0 aliphatic carbocycles. The predicted molar refractivity (Wildman–Crippen MR) is 97.4 cm³/mol.